The number of aromatic hydroxyl groups is 3. The molecule has 1 aliphatic rings. The fourth-order valence-electron chi connectivity index (χ4n) is 7.73. The van der Waals surface area contributed by atoms with Crippen LogP contribution < -0.4 is 16.3 Å². The summed E-state index contributed by atoms with van der Waals surface area (Å²) in [5, 5.41) is 31.4. The molecule has 17 nitrogen and oxygen atoms in total. The largest absolute Gasteiger partial charge is 0.503 e. The van der Waals surface area contributed by atoms with Gasteiger partial charge in [0.2, 0.25) is 16.3 Å². The van der Waals surface area contributed by atoms with E-state index in [2.05, 4.69) is 0 Å². The minimum atomic E-state index is -1.61. The predicted molar refractivity (Wildman–Crippen MR) is 220 cm³/mol. The van der Waals surface area contributed by atoms with Crippen molar-refractivity contribution in [1.82, 2.24) is 18.6 Å². The van der Waals surface area contributed by atoms with Crippen LogP contribution in [0.4, 0.5) is 0 Å². The lowest BCUT2D eigenvalue weighted by Gasteiger charge is -2.32. The Kier molecular flexibility index (Phi) is 16.0. The predicted octanol–water partition coefficient (Wildman–Crippen LogP) is 2.28. The minimum absolute atomic E-state index is 0.0625. The number of Topliss-reactive ketones (excluding diaryl/α,β-unsaturated/α-hetero) is 5. The number of pyridine rings is 3. The highest BCUT2D eigenvalue weighted by atomic mass is 16.3. The summed E-state index contributed by atoms with van der Waals surface area (Å²) in [6, 6.07) is 3.57. The summed E-state index contributed by atoms with van der Waals surface area (Å²) in [5.41, 5.74) is -2.48. The zero-order valence-electron chi connectivity index (χ0n) is 34.9. The molecule has 1 aliphatic heterocycles. The molecule has 0 atom stereocenters. The number of ketones is 5. The topological polar surface area (TPSA) is 249 Å². The van der Waals surface area contributed by atoms with Crippen LogP contribution in [0.3, 0.4) is 0 Å². The van der Waals surface area contributed by atoms with Crippen molar-refractivity contribution in [1.29, 1.82) is 0 Å². The molecule has 0 aliphatic carbocycles. The fourth-order valence-corrected chi connectivity index (χ4v) is 7.73. The Morgan fingerprint density at radius 3 is 1.39 bits per heavy atom. The van der Waals surface area contributed by atoms with Crippen LogP contribution in [0.2, 0.25) is 0 Å². The Morgan fingerprint density at radius 1 is 0.541 bits per heavy atom. The van der Waals surface area contributed by atoms with E-state index in [1.165, 1.54) is 27.6 Å². The number of imide groups is 1. The van der Waals surface area contributed by atoms with E-state index < -0.39 is 99.6 Å². The maximum Gasteiger partial charge on any atom is 0.253 e. The van der Waals surface area contributed by atoms with Crippen LogP contribution in [0, 0.1) is 12.3 Å². The zero-order chi connectivity index (χ0) is 45.2. The lowest BCUT2D eigenvalue weighted by molar-refractivity contribution is -0.137. The minimum Gasteiger partial charge on any atom is -0.503 e. The van der Waals surface area contributed by atoms with Gasteiger partial charge in [-0.2, -0.15) is 0 Å². The van der Waals surface area contributed by atoms with Gasteiger partial charge in [-0.15, -0.1) is 0 Å². The molecule has 0 aromatic carbocycles. The van der Waals surface area contributed by atoms with Crippen LogP contribution in [0.1, 0.15) is 93.4 Å². The number of nitrogens with zero attached hydrogens (tertiary/aromatic N) is 4. The van der Waals surface area contributed by atoms with Gasteiger partial charge in [0.05, 0.1) is 17.1 Å². The summed E-state index contributed by atoms with van der Waals surface area (Å²) >= 11 is 0. The molecule has 0 saturated carbocycles. The number of aryl methyl sites for hydroxylation is 3. The highest BCUT2D eigenvalue weighted by Gasteiger charge is 2.39. The molecule has 2 amide bonds. The van der Waals surface area contributed by atoms with E-state index in [9.17, 15) is 63.3 Å². The number of hydrogen-bond donors (Lipinski definition) is 3. The third kappa shape index (κ3) is 12.5. The zero-order valence-corrected chi connectivity index (χ0v) is 34.9. The third-order valence-electron chi connectivity index (χ3n) is 11.2. The molecule has 0 bridgehead atoms. The Bertz CT molecular complexity index is 2350. The highest BCUT2D eigenvalue weighted by Crippen LogP contribution is 2.39. The Labute approximate surface area is 350 Å². The van der Waals surface area contributed by atoms with Crippen molar-refractivity contribution in [2.45, 2.75) is 96.8 Å². The first-order valence-corrected chi connectivity index (χ1v) is 20.0. The SMILES string of the molecule is Cc1cc(=O)c(O)c(CCC(=O)CC(CC(=O)CCCC(=O)CCN2C(=O)C=CC2=O)(CC(=O)CCc2c(O)c(=O)ccn2C)CC(=O)CCc2c(O)c(=O)ccn2C)n1C. The number of rotatable bonds is 24. The van der Waals surface area contributed by atoms with Gasteiger partial charge >= 0.3 is 0 Å². The molecule has 17 heteroatoms. The molecule has 0 fully saturated rings. The van der Waals surface area contributed by atoms with Gasteiger partial charge < -0.3 is 29.0 Å². The van der Waals surface area contributed by atoms with E-state index in [1.807, 2.05) is 0 Å². The van der Waals surface area contributed by atoms with Gasteiger partial charge in [0.25, 0.3) is 11.8 Å². The van der Waals surface area contributed by atoms with Crippen molar-refractivity contribution in [2.75, 3.05) is 6.54 Å². The van der Waals surface area contributed by atoms with E-state index >= 15 is 0 Å². The second-order valence-corrected chi connectivity index (χ2v) is 15.8. The molecule has 0 saturated heterocycles. The molecular formula is C44H52N4O13. The molecule has 4 rings (SSSR count). The van der Waals surface area contributed by atoms with Gasteiger partial charge in [-0.05, 0) is 38.0 Å². The third-order valence-corrected chi connectivity index (χ3v) is 11.2. The first kappa shape index (κ1) is 47.2. The number of carbonyl (C=O) groups excluding carboxylic acids is 7. The van der Waals surface area contributed by atoms with Crippen molar-refractivity contribution < 1.29 is 48.9 Å². The highest BCUT2D eigenvalue weighted by molar-refractivity contribution is 6.13. The smallest absolute Gasteiger partial charge is 0.253 e. The van der Waals surface area contributed by atoms with Gasteiger partial charge in [0.15, 0.2) is 17.2 Å². The Morgan fingerprint density at radius 2 is 0.934 bits per heavy atom. The van der Waals surface area contributed by atoms with Crippen molar-refractivity contribution in [3.05, 3.63) is 96.2 Å². The molecule has 3 aromatic heterocycles. The summed E-state index contributed by atoms with van der Waals surface area (Å²) < 4.78 is 4.52. The fraction of sp³-hybridized carbons (Fsp3) is 0.455. The molecule has 3 N–H and O–H groups in total. The average molecular weight is 845 g/mol. The van der Waals surface area contributed by atoms with E-state index in [0.717, 1.165) is 29.2 Å². The maximum atomic E-state index is 14.0. The van der Waals surface area contributed by atoms with Crippen LogP contribution in [0.15, 0.2) is 57.1 Å². The molecule has 61 heavy (non-hydrogen) atoms. The Hall–Kier alpha value is -6.52. The summed E-state index contributed by atoms with van der Waals surface area (Å²) in [5.74, 6) is -4.89. The van der Waals surface area contributed by atoms with Crippen LogP contribution in [-0.2, 0) is 74.0 Å². The number of aromatic nitrogens is 3. The van der Waals surface area contributed by atoms with E-state index in [-0.39, 0.29) is 93.6 Å². The van der Waals surface area contributed by atoms with Crippen LogP contribution in [0.5, 0.6) is 17.2 Å². The summed E-state index contributed by atoms with van der Waals surface area (Å²) in [4.78, 5) is 130. The lowest BCUT2D eigenvalue weighted by Crippen LogP contribution is -2.34. The van der Waals surface area contributed by atoms with Crippen LogP contribution >= 0.6 is 0 Å². The molecule has 0 radical (unpaired) electrons. The Balaban J connectivity index is 1.61. The summed E-state index contributed by atoms with van der Waals surface area (Å²) in [6.45, 7) is 1.53. The van der Waals surface area contributed by atoms with Crippen LogP contribution in [-0.4, -0.2) is 81.2 Å². The molecule has 4 heterocycles. The number of carbonyl (C=O) groups is 7. The van der Waals surface area contributed by atoms with Gasteiger partial charge in [-0.1, -0.05) is 0 Å². The standard InChI is InChI=1S/C44H52N4O13/c1-27-22-38(56)43(61)35(47(27)4)13-10-32(53)26-44(24-30(51)8-11-33-41(59)36(54)17-19-45(33)2,25-31(52)9-12-34-42(60)37(55)18-20-46(34)3)23-29(50)7-5-6-28(49)16-21-48-39(57)14-15-40(48)58/h14-15,17-20,22,59-61H,5-13,16,21,23-26H2,1-4H3. The quantitative estimate of drug-likeness (QED) is 0.110. The normalized spacial score (nSPS) is 12.6. The van der Waals surface area contributed by atoms with Crippen molar-refractivity contribution in [3.8, 4) is 17.2 Å². The first-order valence-electron chi connectivity index (χ1n) is 20.0. The molecule has 3 aromatic rings. The van der Waals surface area contributed by atoms with Gasteiger partial charge in [-0.25, -0.2) is 0 Å². The number of amides is 2. The molecule has 326 valence electrons. The van der Waals surface area contributed by atoms with Gasteiger partial charge in [0, 0.05) is 140 Å². The molecule has 0 spiro atoms. The second-order valence-electron chi connectivity index (χ2n) is 15.8. The van der Waals surface area contributed by atoms with Gasteiger partial charge in [-0.3, -0.25) is 52.8 Å². The average Bonchev–Trinajstić information content (AvgIpc) is 3.51. The van der Waals surface area contributed by atoms with Crippen molar-refractivity contribution >= 4 is 40.7 Å². The van der Waals surface area contributed by atoms with Crippen molar-refractivity contribution in [3.63, 3.8) is 0 Å². The van der Waals surface area contributed by atoms with E-state index in [0.29, 0.717) is 5.69 Å². The van der Waals surface area contributed by atoms with Crippen LogP contribution in [0.25, 0.3) is 0 Å². The van der Waals surface area contributed by atoms with Crippen molar-refractivity contribution in [2.24, 2.45) is 26.6 Å². The van der Waals surface area contributed by atoms with E-state index in [1.54, 1.807) is 32.6 Å². The monoisotopic (exact) mass is 844 g/mol. The second kappa shape index (κ2) is 20.6. The lowest BCUT2D eigenvalue weighted by atomic mass is 9.69. The maximum absolute atomic E-state index is 14.0. The first-order chi connectivity index (χ1) is 28.7. The summed E-state index contributed by atoms with van der Waals surface area (Å²) in [6.07, 6.45) is 1.98. The van der Waals surface area contributed by atoms with E-state index in [4.69, 9.17) is 0 Å². The summed E-state index contributed by atoms with van der Waals surface area (Å²) in [7, 11) is 4.77. The van der Waals surface area contributed by atoms with Gasteiger partial charge in [0.1, 0.15) is 28.9 Å². The molecule has 0 unspecified atom stereocenters. The number of hydrogen-bond acceptors (Lipinski definition) is 13. The molecular weight excluding hydrogens is 792 g/mol.